The molecule has 0 spiro atoms. The molecule has 3 aromatic carbocycles. The number of fused-ring (bicyclic) bond motifs is 1. The Balaban J connectivity index is 0.00000190. The Labute approximate surface area is 205 Å². The van der Waals surface area contributed by atoms with E-state index < -0.39 is 0 Å². The molecule has 1 aliphatic rings. The van der Waals surface area contributed by atoms with Gasteiger partial charge in [-0.3, -0.25) is 0 Å². The third-order valence-corrected chi connectivity index (χ3v) is 6.12. The first-order valence-corrected chi connectivity index (χ1v) is 11.5. The molecule has 4 aromatic rings. The third kappa shape index (κ3) is 5.27. The number of carbonyl (C=O) groups is 1. The summed E-state index contributed by atoms with van der Waals surface area (Å²) in [5.41, 5.74) is 4.25. The maximum atomic E-state index is 13.6. The SMILES string of the molecule is CN1CCCC(NC(=O)Nc2ccc3nc(-c4ccc(F)cc4)c(-c4ccc(F)cc4)nc3c2)C1.[HH].[HH]. The average Bonchev–Trinajstić information content (AvgIpc) is 2.84. The van der Waals surface area contributed by atoms with E-state index in [1.807, 2.05) is 7.05 Å². The summed E-state index contributed by atoms with van der Waals surface area (Å²) in [6.07, 6.45) is 2.00. The Bertz CT molecular complexity index is 1370. The molecule has 1 aromatic heterocycles. The molecular weight excluding hydrogens is 448 g/mol. The van der Waals surface area contributed by atoms with E-state index in [9.17, 15) is 13.6 Å². The molecule has 0 bridgehead atoms. The van der Waals surface area contributed by atoms with Crippen LogP contribution in [-0.4, -0.2) is 47.1 Å². The molecule has 182 valence electrons. The van der Waals surface area contributed by atoms with Gasteiger partial charge in [0, 0.05) is 32.3 Å². The van der Waals surface area contributed by atoms with Crippen LogP contribution < -0.4 is 10.6 Å². The van der Waals surface area contributed by atoms with Gasteiger partial charge in [-0.15, -0.1) is 0 Å². The molecule has 2 N–H and O–H groups in total. The predicted octanol–water partition coefficient (Wildman–Crippen LogP) is 5.95. The van der Waals surface area contributed by atoms with Crippen LogP contribution in [0.1, 0.15) is 15.7 Å². The molecule has 1 atom stereocenters. The molecule has 1 aliphatic heterocycles. The second-order valence-electron chi connectivity index (χ2n) is 8.84. The van der Waals surface area contributed by atoms with Gasteiger partial charge in [-0.1, -0.05) is 0 Å². The minimum Gasteiger partial charge on any atom is -0.334 e. The van der Waals surface area contributed by atoms with Gasteiger partial charge in [-0.05, 0) is 93.2 Å². The second kappa shape index (κ2) is 9.76. The van der Waals surface area contributed by atoms with E-state index in [2.05, 4.69) is 15.5 Å². The standard InChI is InChI=1S/C27H25F2N5O.2H2/c1-34-14-2-3-22(16-34)31-27(35)30-21-12-13-23-24(15-21)33-26(18-6-10-20(29)11-7-18)25(32-23)17-4-8-19(28)9-5-17;;/h4-13,15,22H,2-3,14,16H2,1H3,(H2,30,31,35);2*1H. The molecule has 0 aliphatic carbocycles. The van der Waals surface area contributed by atoms with Crippen LogP contribution in [0, 0.1) is 11.6 Å². The minimum atomic E-state index is -0.354. The molecule has 2 amide bonds. The number of hydrogen-bond donors (Lipinski definition) is 2. The number of piperidine rings is 1. The highest BCUT2D eigenvalue weighted by molar-refractivity contribution is 5.93. The van der Waals surface area contributed by atoms with Crippen LogP contribution >= 0.6 is 0 Å². The molecule has 0 radical (unpaired) electrons. The molecule has 6 nitrogen and oxygen atoms in total. The van der Waals surface area contributed by atoms with Crippen LogP contribution in [0.5, 0.6) is 0 Å². The van der Waals surface area contributed by atoms with Crippen molar-refractivity contribution in [2.24, 2.45) is 0 Å². The van der Waals surface area contributed by atoms with Crippen molar-refractivity contribution in [3.8, 4) is 22.5 Å². The molecule has 5 rings (SSSR count). The molecule has 0 saturated carbocycles. The summed E-state index contributed by atoms with van der Waals surface area (Å²) in [5, 5.41) is 5.92. The van der Waals surface area contributed by atoms with Gasteiger partial charge in [0.05, 0.1) is 22.4 Å². The summed E-state index contributed by atoms with van der Waals surface area (Å²) in [6.45, 7) is 1.86. The Morgan fingerprint density at radius 1 is 0.914 bits per heavy atom. The fourth-order valence-electron chi connectivity index (χ4n) is 4.39. The van der Waals surface area contributed by atoms with Gasteiger partial charge in [0.2, 0.25) is 0 Å². The maximum Gasteiger partial charge on any atom is 0.319 e. The molecule has 8 heteroatoms. The first kappa shape index (κ1) is 22.9. The largest absolute Gasteiger partial charge is 0.334 e. The predicted molar refractivity (Wildman–Crippen MR) is 137 cm³/mol. The first-order valence-electron chi connectivity index (χ1n) is 11.5. The van der Waals surface area contributed by atoms with Gasteiger partial charge >= 0.3 is 6.03 Å². The van der Waals surface area contributed by atoms with Crippen molar-refractivity contribution in [2.75, 3.05) is 25.5 Å². The van der Waals surface area contributed by atoms with Crippen molar-refractivity contribution < 1.29 is 16.4 Å². The summed E-state index contributed by atoms with van der Waals surface area (Å²) in [6, 6.07) is 17.2. The second-order valence-corrected chi connectivity index (χ2v) is 8.84. The van der Waals surface area contributed by atoms with Crippen LogP contribution in [0.4, 0.5) is 19.3 Å². The average molecular weight is 478 g/mol. The number of carbonyl (C=O) groups excluding carboxylic acids is 1. The summed E-state index contributed by atoms with van der Waals surface area (Å²) in [5.74, 6) is -0.702. The molecular formula is C27H29F2N5O. The number of likely N-dealkylation sites (tertiary alicyclic amines) is 1. The number of nitrogens with zero attached hydrogens (tertiary/aromatic N) is 3. The number of benzene rings is 3. The van der Waals surface area contributed by atoms with Gasteiger partial charge in [0.25, 0.3) is 0 Å². The van der Waals surface area contributed by atoms with Gasteiger partial charge in [0.15, 0.2) is 0 Å². The number of likely N-dealkylation sites (N-methyl/N-ethyl adjacent to an activating group) is 1. The minimum absolute atomic E-state index is 0. The van der Waals surface area contributed by atoms with E-state index in [4.69, 9.17) is 9.97 Å². The zero-order valence-electron chi connectivity index (χ0n) is 19.3. The smallest absolute Gasteiger partial charge is 0.319 e. The van der Waals surface area contributed by atoms with Crippen molar-refractivity contribution in [3.05, 3.63) is 78.4 Å². The fraction of sp³-hybridized carbons (Fsp3) is 0.222. The Kier molecular flexibility index (Phi) is 6.37. The van der Waals surface area contributed by atoms with E-state index in [0.717, 1.165) is 25.9 Å². The van der Waals surface area contributed by atoms with E-state index in [0.29, 0.717) is 39.2 Å². The lowest BCUT2D eigenvalue weighted by molar-refractivity contribution is 0.216. The number of halogens is 2. The van der Waals surface area contributed by atoms with E-state index in [1.165, 1.54) is 24.3 Å². The molecule has 2 heterocycles. The Morgan fingerprint density at radius 3 is 2.11 bits per heavy atom. The van der Waals surface area contributed by atoms with Gasteiger partial charge in [0.1, 0.15) is 11.6 Å². The van der Waals surface area contributed by atoms with Crippen LogP contribution in [0.25, 0.3) is 33.5 Å². The number of urea groups is 1. The molecule has 1 saturated heterocycles. The van der Waals surface area contributed by atoms with Crippen molar-refractivity contribution >= 4 is 22.8 Å². The topological polar surface area (TPSA) is 70.2 Å². The van der Waals surface area contributed by atoms with Crippen molar-refractivity contribution in [1.82, 2.24) is 20.2 Å². The number of aromatic nitrogens is 2. The van der Waals surface area contributed by atoms with Gasteiger partial charge in [-0.2, -0.15) is 0 Å². The summed E-state index contributed by atoms with van der Waals surface area (Å²) in [4.78, 5) is 24.4. The summed E-state index contributed by atoms with van der Waals surface area (Å²) in [7, 11) is 2.05. The fourth-order valence-corrected chi connectivity index (χ4v) is 4.39. The van der Waals surface area contributed by atoms with Crippen LogP contribution in [0.3, 0.4) is 0 Å². The Hall–Kier alpha value is -3.91. The monoisotopic (exact) mass is 477 g/mol. The first-order chi connectivity index (χ1) is 16.9. The highest BCUT2D eigenvalue weighted by Gasteiger charge is 2.19. The third-order valence-electron chi connectivity index (χ3n) is 6.12. The normalized spacial score (nSPS) is 16.3. The lowest BCUT2D eigenvalue weighted by Crippen LogP contribution is -2.47. The number of anilines is 1. The number of hydrogen-bond acceptors (Lipinski definition) is 4. The zero-order chi connectivity index (χ0) is 24.4. The summed E-state index contributed by atoms with van der Waals surface area (Å²) < 4.78 is 27.1. The van der Waals surface area contributed by atoms with Crippen molar-refractivity contribution in [1.29, 1.82) is 0 Å². The number of amides is 2. The van der Waals surface area contributed by atoms with Crippen molar-refractivity contribution in [3.63, 3.8) is 0 Å². The quantitative estimate of drug-likeness (QED) is 0.381. The number of nitrogens with one attached hydrogen (secondary N) is 2. The number of rotatable bonds is 4. The van der Waals surface area contributed by atoms with Crippen LogP contribution in [0.15, 0.2) is 66.7 Å². The zero-order valence-corrected chi connectivity index (χ0v) is 19.3. The van der Waals surface area contributed by atoms with E-state index in [-0.39, 0.29) is 26.6 Å². The lowest BCUT2D eigenvalue weighted by Gasteiger charge is -2.30. The highest BCUT2D eigenvalue weighted by Crippen LogP contribution is 2.32. The summed E-state index contributed by atoms with van der Waals surface area (Å²) >= 11 is 0. The van der Waals surface area contributed by atoms with E-state index >= 15 is 0 Å². The van der Waals surface area contributed by atoms with Crippen LogP contribution in [0.2, 0.25) is 0 Å². The van der Waals surface area contributed by atoms with Crippen molar-refractivity contribution in [2.45, 2.75) is 18.9 Å². The van der Waals surface area contributed by atoms with Crippen LogP contribution in [-0.2, 0) is 0 Å². The molecule has 35 heavy (non-hydrogen) atoms. The van der Waals surface area contributed by atoms with Gasteiger partial charge < -0.3 is 15.5 Å². The molecule has 1 unspecified atom stereocenters. The maximum absolute atomic E-state index is 13.6. The van der Waals surface area contributed by atoms with E-state index in [1.54, 1.807) is 42.5 Å². The Morgan fingerprint density at radius 2 is 1.51 bits per heavy atom. The lowest BCUT2D eigenvalue weighted by atomic mass is 10.0. The molecule has 1 fully saturated rings. The van der Waals surface area contributed by atoms with Gasteiger partial charge in [-0.25, -0.2) is 23.5 Å². The highest BCUT2D eigenvalue weighted by atomic mass is 19.1.